The van der Waals surface area contributed by atoms with Crippen LogP contribution >= 0.6 is 0 Å². The molecule has 0 spiro atoms. The van der Waals surface area contributed by atoms with Crippen LogP contribution in [0.15, 0.2) is 60.9 Å². The molecule has 2 atom stereocenters. The number of benzene rings is 1. The van der Waals surface area contributed by atoms with E-state index in [0.717, 1.165) is 37.4 Å². The van der Waals surface area contributed by atoms with Crippen molar-refractivity contribution in [2.45, 2.75) is 38.5 Å². The van der Waals surface area contributed by atoms with Crippen LogP contribution in [0.4, 0.5) is 10.2 Å². The van der Waals surface area contributed by atoms with E-state index >= 15 is 0 Å². The fourth-order valence-electron chi connectivity index (χ4n) is 3.60. The number of anilines is 1. The van der Waals surface area contributed by atoms with Gasteiger partial charge < -0.3 is 15.4 Å². The molecule has 1 unspecified atom stereocenters. The molecule has 2 N–H and O–H groups in total. The molecule has 0 radical (unpaired) electrons. The summed E-state index contributed by atoms with van der Waals surface area (Å²) in [5.41, 5.74) is 3.30. The maximum Gasteiger partial charge on any atom is 0.220 e. The summed E-state index contributed by atoms with van der Waals surface area (Å²) in [6.45, 7) is 4.29. The van der Waals surface area contributed by atoms with E-state index in [2.05, 4.69) is 39.7 Å². The second-order valence-electron chi connectivity index (χ2n) is 7.64. The SMILES string of the molecule is C[C@@H](NCc1cnc(F)c(-c2ccc(NCC3CCCO3)nc2)c1)c1ccccc1. The van der Waals surface area contributed by atoms with Crippen LogP contribution in [0.5, 0.6) is 0 Å². The first-order valence-electron chi connectivity index (χ1n) is 10.4. The Kier molecular flexibility index (Phi) is 6.67. The van der Waals surface area contributed by atoms with E-state index in [0.29, 0.717) is 17.7 Å². The van der Waals surface area contributed by atoms with Crippen LogP contribution in [-0.2, 0) is 11.3 Å². The average molecular weight is 407 g/mol. The molecule has 1 aliphatic rings. The Morgan fingerprint density at radius 3 is 2.73 bits per heavy atom. The summed E-state index contributed by atoms with van der Waals surface area (Å²) in [4.78, 5) is 8.37. The lowest BCUT2D eigenvalue weighted by Gasteiger charge is -2.15. The van der Waals surface area contributed by atoms with Gasteiger partial charge >= 0.3 is 0 Å². The molecule has 0 bridgehead atoms. The lowest BCUT2D eigenvalue weighted by atomic mass is 10.1. The van der Waals surface area contributed by atoms with Crippen LogP contribution in [0, 0.1) is 5.95 Å². The Hall–Kier alpha value is -2.83. The Morgan fingerprint density at radius 2 is 2.00 bits per heavy atom. The van der Waals surface area contributed by atoms with E-state index in [-0.39, 0.29) is 12.1 Å². The highest BCUT2D eigenvalue weighted by molar-refractivity contribution is 5.64. The van der Waals surface area contributed by atoms with Crippen LogP contribution in [0.25, 0.3) is 11.1 Å². The first kappa shape index (κ1) is 20.4. The van der Waals surface area contributed by atoms with Gasteiger partial charge in [-0.3, -0.25) is 0 Å². The van der Waals surface area contributed by atoms with Crippen molar-refractivity contribution in [3.05, 3.63) is 78.0 Å². The average Bonchev–Trinajstić information content (AvgIpc) is 3.32. The van der Waals surface area contributed by atoms with E-state index in [9.17, 15) is 4.39 Å². The molecular formula is C24H27FN4O. The summed E-state index contributed by atoms with van der Waals surface area (Å²) in [5, 5.41) is 6.75. The zero-order chi connectivity index (χ0) is 20.8. The third-order valence-corrected chi connectivity index (χ3v) is 5.42. The molecule has 1 fully saturated rings. The number of pyridine rings is 2. The summed E-state index contributed by atoms with van der Waals surface area (Å²) >= 11 is 0. The second kappa shape index (κ2) is 9.78. The van der Waals surface area contributed by atoms with Crippen molar-refractivity contribution in [3.63, 3.8) is 0 Å². The number of nitrogens with one attached hydrogen (secondary N) is 2. The van der Waals surface area contributed by atoms with Crippen molar-refractivity contribution in [2.24, 2.45) is 0 Å². The third-order valence-electron chi connectivity index (χ3n) is 5.42. The van der Waals surface area contributed by atoms with Crippen LogP contribution in [0.1, 0.15) is 36.9 Å². The molecule has 2 aromatic heterocycles. The van der Waals surface area contributed by atoms with E-state index < -0.39 is 5.95 Å². The highest BCUT2D eigenvalue weighted by Crippen LogP contribution is 2.24. The summed E-state index contributed by atoms with van der Waals surface area (Å²) in [6.07, 6.45) is 5.69. The topological polar surface area (TPSA) is 59.1 Å². The van der Waals surface area contributed by atoms with Crippen molar-refractivity contribution in [1.29, 1.82) is 0 Å². The van der Waals surface area contributed by atoms with Gasteiger partial charge in [0.05, 0.1) is 6.10 Å². The first-order valence-corrected chi connectivity index (χ1v) is 10.4. The molecule has 0 amide bonds. The van der Waals surface area contributed by atoms with Crippen LogP contribution in [-0.4, -0.2) is 29.2 Å². The van der Waals surface area contributed by atoms with Gasteiger partial charge in [-0.2, -0.15) is 4.39 Å². The molecule has 156 valence electrons. The summed E-state index contributed by atoms with van der Waals surface area (Å²) in [6, 6.07) is 16.0. The van der Waals surface area contributed by atoms with Gasteiger partial charge in [-0.25, -0.2) is 9.97 Å². The summed E-state index contributed by atoms with van der Waals surface area (Å²) < 4.78 is 20.0. The van der Waals surface area contributed by atoms with Gasteiger partial charge in [0.25, 0.3) is 0 Å². The molecule has 3 aromatic rings. The Balaban J connectivity index is 1.39. The summed E-state index contributed by atoms with van der Waals surface area (Å²) in [7, 11) is 0. The van der Waals surface area contributed by atoms with E-state index in [1.165, 1.54) is 5.56 Å². The zero-order valence-electron chi connectivity index (χ0n) is 17.1. The third kappa shape index (κ3) is 5.20. The number of halogens is 1. The molecule has 1 aliphatic heterocycles. The first-order chi connectivity index (χ1) is 14.7. The van der Waals surface area contributed by atoms with Crippen LogP contribution in [0.3, 0.4) is 0 Å². The predicted molar refractivity (Wildman–Crippen MR) is 117 cm³/mol. The Morgan fingerprint density at radius 1 is 1.13 bits per heavy atom. The number of nitrogens with zero attached hydrogens (tertiary/aromatic N) is 2. The fourth-order valence-corrected chi connectivity index (χ4v) is 3.60. The van der Waals surface area contributed by atoms with Gasteiger partial charge in [0.1, 0.15) is 5.82 Å². The molecular weight excluding hydrogens is 379 g/mol. The molecule has 4 rings (SSSR count). The number of aromatic nitrogens is 2. The molecule has 1 saturated heterocycles. The maximum absolute atomic E-state index is 14.4. The fraction of sp³-hybridized carbons (Fsp3) is 0.333. The number of rotatable bonds is 8. The molecule has 0 saturated carbocycles. The van der Waals surface area contributed by atoms with Crippen molar-refractivity contribution in [2.75, 3.05) is 18.5 Å². The Labute approximate surface area is 176 Å². The number of hydrogen-bond acceptors (Lipinski definition) is 5. The number of ether oxygens (including phenoxy) is 1. The molecule has 3 heterocycles. The lowest BCUT2D eigenvalue weighted by Crippen LogP contribution is -2.18. The van der Waals surface area contributed by atoms with Gasteiger partial charge in [0.2, 0.25) is 5.95 Å². The quantitative estimate of drug-likeness (QED) is 0.530. The van der Waals surface area contributed by atoms with Gasteiger partial charge in [0, 0.05) is 49.3 Å². The predicted octanol–water partition coefficient (Wildman–Crippen LogP) is 4.72. The van der Waals surface area contributed by atoms with Gasteiger partial charge in [-0.15, -0.1) is 0 Å². The van der Waals surface area contributed by atoms with E-state index in [1.54, 1.807) is 12.4 Å². The van der Waals surface area contributed by atoms with Crippen LogP contribution < -0.4 is 10.6 Å². The molecule has 6 heteroatoms. The van der Waals surface area contributed by atoms with Crippen molar-refractivity contribution in [3.8, 4) is 11.1 Å². The smallest absolute Gasteiger partial charge is 0.220 e. The normalized spacial score (nSPS) is 17.1. The van der Waals surface area contributed by atoms with Gasteiger partial charge in [-0.1, -0.05) is 30.3 Å². The zero-order valence-corrected chi connectivity index (χ0v) is 17.1. The van der Waals surface area contributed by atoms with E-state index in [4.69, 9.17) is 4.74 Å². The second-order valence-corrected chi connectivity index (χ2v) is 7.64. The standard InChI is InChI=1S/C24H27FN4O/c1-17(19-6-3-2-4-7-19)26-13-18-12-22(24(25)29-14-18)20-9-10-23(27-15-20)28-16-21-8-5-11-30-21/h2-4,6-7,9-10,12,14-15,17,21,26H,5,8,11,13,16H2,1H3,(H,27,28)/t17-,21?/m1/s1. The van der Waals surface area contributed by atoms with E-state index in [1.807, 2.05) is 36.4 Å². The Bertz CT molecular complexity index is 943. The minimum atomic E-state index is -0.489. The lowest BCUT2D eigenvalue weighted by molar-refractivity contribution is 0.120. The minimum absolute atomic E-state index is 0.190. The van der Waals surface area contributed by atoms with Crippen molar-refractivity contribution in [1.82, 2.24) is 15.3 Å². The maximum atomic E-state index is 14.4. The molecule has 0 aliphatic carbocycles. The highest BCUT2D eigenvalue weighted by Gasteiger charge is 2.15. The minimum Gasteiger partial charge on any atom is -0.376 e. The molecule has 1 aromatic carbocycles. The molecule has 30 heavy (non-hydrogen) atoms. The largest absolute Gasteiger partial charge is 0.376 e. The number of hydrogen-bond donors (Lipinski definition) is 2. The van der Waals surface area contributed by atoms with Crippen molar-refractivity contribution < 1.29 is 9.13 Å². The summed E-state index contributed by atoms with van der Waals surface area (Å²) in [5.74, 6) is 0.272. The van der Waals surface area contributed by atoms with Crippen molar-refractivity contribution >= 4 is 5.82 Å². The van der Waals surface area contributed by atoms with Gasteiger partial charge in [-0.05, 0) is 49.1 Å². The van der Waals surface area contributed by atoms with Crippen LogP contribution in [0.2, 0.25) is 0 Å². The molecule has 5 nitrogen and oxygen atoms in total. The monoisotopic (exact) mass is 406 g/mol. The van der Waals surface area contributed by atoms with Gasteiger partial charge in [0.15, 0.2) is 0 Å². The highest BCUT2D eigenvalue weighted by atomic mass is 19.1.